The van der Waals surface area contributed by atoms with Crippen molar-refractivity contribution in [1.82, 2.24) is 4.98 Å². The molecule has 0 unspecified atom stereocenters. The Balaban J connectivity index is 2.21. The highest BCUT2D eigenvalue weighted by Crippen LogP contribution is 2.30. The normalized spacial score (nSPS) is 10.9. The number of thiazole rings is 1. The molecule has 1 N–H and O–H groups in total. The maximum atomic E-state index is 4.69. The first kappa shape index (κ1) is 13.1. The first-order chi connectivity index (χ1) is 8.56. The first-order valence-electron chi connectivity index (χ1n) is 6.34. The lowest BCUT2D eigenvalue weighted by molar-refractivity contribution is 0.688. The van der Waals surface area contributed by atoms with Gasteiger partial charge in [-0.2, -0.15) is 0 Å². The summed E-state index contributed by atoms with van der Waals surface area (Å²) in [5, 5.41) is 4.42. The summed E-state index contributed by atoms with van der Waals surface area (Å²) in [6, 6.07) is 8.55. The zero-order valence-corrected chi connectivity index (χ0v) is 12.3. The predicted molar refractivity (Wildman–Crippen MR) is 80.4 cm³/mol. The van der Waals surface area contributed by atoms with Gasteiger partial charge in [-0.05, 0) is 19.8 Å². The van der Waals surface area contributed by atoms with Crippen LogP contribution in [0.2, 0.25) is 0 Å². The summed E-state index contributed by atoms with van der Waals surface area (Å²) in [7, 11) is 0. The Morgan fingerprint density at radius 3 is 2.44 bits per heavy atom. The molecule has 0 radical (unpaired) electrons. The van der Waals surface area contributed by atoms with E-state index < -0.39 is 0 Å². The summed E-state index contributed by atoms with van der Waals surface area (Å²) in [5.41, 5.74) is 3.59. The van der Waals surface area contributed by atoms with E-state index in [1.165, 1.54) is 16.0 Å². The van der Waals surface area contributed by atoms with Crippen LogP contribution >= 0.6 is 11.3 Å². The zero-order chi connectivity index (χ0) is 13.1. The van der Waals surface area contributed by atoms with Crippen LogP contribution in [-0.2, 0) is 0 Å². The lowest BCUT2D eigenvalue weighted by Crippen LogP contribution is -2.07. The summed E-state index contributed by atoms with van der Waals surface area (Å²) in [6.45, 7) is 9.61. The van der Waals surface area contributed by atoms with Crippen molar-refractivity contribution in [2.75, 3.05) is 11.9 Å². The molecule has 0 aliphatic heterocycles. The second-order valence-corrected chi connectivity index (χ2v) is 6.27. The van der Waals surface area contributed by atoms with Crippen LogP contribution in [0.3, 0.4) is 0 Å². The van der Waals surface area contributed by atoms with Crippen molar-refractivity contribution in [2.24, 2.45) is 5.92 Å². The molecule has 2 nitrogen and oxygen atoms in total. The quantitative estimate of drug-likeness (QED) is 0.875. The fraction of sp³-hybridized carbons (Fsp3) is 0.400. The van der Waals surface area contributed by atoms with Gasteiger partial charge in [-0.25, -0.2) is 4.98 Å². The van der Waals surface area contributed by atoms with Crippen molar-refractivity contribution < 1.29 is 0 Å². The number of benzene rings is 1. The molecule has 2 aromatic rings. The third kappa shape index (κ3) is 3.10. The van der Waals surface area contributed by atoms with Gasteiger partial charge in [0.25, 0.3) is 0 Å². The zero-order valence-electron chi connectivity index (χ0n) is 11.4. The van der Waals surface area contributed by atoms with Gasteiger partial charge in [-0.3, -0.25) is 0 Å². The standard InChI is InChI=1S/C15H20N2S/c1-10(2)9-16-15-17-14(12(4)18-15)13-7-5-11(3)6-8-13/h5-8,10H,9H2,1-4H3,(H,16,17). The van der Waals surface area contributed by atoms with Crippen molar-refractivity contribution in [1.29, 1.82) is 0 Å². The largest absolute Gasteiger partial charge is 0.361 e. The highest BCUT2D eigenvalue weighted by molar-refractivity contribution is 7.16. The van der Waals surface area contributed by atoms with E-state index in [1.807, 2.05) is 0 Å². The summed E-state index contributed by atoms with van der Waals surface area (Å²) < 4.78 is 0. The number of rotatable bonds is 4. The Morgan fingerprint density at radius 2 is 1.83 bits per heavy atom. The number of nitrogens with zero attached hydrogens (tertiary/aromatic N) is 1. The molecule has 0 saturated carbocycles. The molecule has 0 aliphatic carbocycles. The van der Waals surface area contributed by atoms with Crippen molar-refractivity contribution in [3.63, 3.8) is 0 Å². The van der Waals surface area contributed by atoms with E-state index in [4.69, 9.17) is 0 Å². The lowest BCUT2D eigenvalue weighted by Gasteiger charge is -2.04. The van der Waals surface area contributed by atoms with Gasteiger partial charge in [0, 0.05) is 17.0 Å². The molecule has 1 heterocycles. The Kier molecular flexibility index (Phi) is 4.02. The van der Waals surface area contributed by atoms with Gasteiger partial charge in [0.15, 0.2) is 5.13 Å². The third-order valence-corrected chi connectivity index (χ3v) is 3.71. The van der Waals surface area contributed by atoms with Crippen LogP contribution in [0, 0.1) is 19.8 Å². The van der Waals surface area contributed by atoms with E-state index in [-0.39, 0.29) is 0 Å². The van der Waals surface area contributed by atoms with E-state index in [0.717, 1.165) is 17.4 Å². The Labute approximate surface area is 113 Å². The Bertz CT molecular complexity index is 512. The topological polar surface area (TPSA) is 24.9 Å². The number of aryl methyl sites for hydroxylation is 2. The third-order valence-electron chi connectivity index (χ3n) is 2.78. The van der Waals surface area contributed by atoms with E-state index in [0.29, 0.717) is 5.92 Å². The number of nitrogens with one attached hydrogen (secondary N) is 1. The number of anilines is 1. The van der Waals surface area contributed by atoms with Crippen LogP contribution in [0.15, 0.2) is 24.3 Å². The van der Waals surface area contributed by atoms with Crippen LogP contribution in [0.25, 0.3) is 11.3 Å². The van der Waals surface area contributed by atoms with E-state index in [9.17, 15) is 0 Å². The molecular weight excluding hydrogens is 240 g/mol. The van der Waals surface area contributed by atoms with Gasteiger partial charge < -0.3 is 5.32 Å². The van der Waals surface area contributed by atoms with E-state index in [1.54, 1.807) is 11.3 Å². The number of hydrogen-bond donors (Lipinski definition) is 1. The Morgan fingerprint density at radius 1 is 1.17 bits per heavy atom. The van der Waals surface area contributed by atoms with Crippen LogP contribution in [0.5, 0.6) is 0 Å². The average Bonchev–Trinajstić information content (AvgIpc) is 2.69. The molecule has 18 heavy (non-hydrogen) atoms. The molecule has 0 amide bonds. The van der Waals surface area contributed by atoms with Crippen molar-refractivity contribution >= 4 is 16.5 Å². The minimum Gasteiger partial charge on any atom is -0.361 e. The number of aromatic nitrogens is 1. The van der Waals surface area contributed by atoms with Gasteiger partial charge >= 0.3 is 0 Å². The van der Waals surface area contributed by atoms with Crippen LogP contribution in [0.4, 0.5) is 5.13 Å². The van der Waals surface area contributed by atoms with Gasteiger partial charge in [0.2, 0.25) is 0 Å². The molecule has 1 aromatic carbocycles. The smallest absolute Gasteiger partial charge is 0.183 e. The molecule has 0 fully saturated rings. The molecule has 2 rings (SSSR count). The summed E-state index contributed by atoms with van der Waals surface area (Å²) in [4.78, 5) is 5.96. The molecule has 1 aromatic heterocycles. The highest BCUT2D eigenvalue weighted by Gasteiger charge is 2.09. The predicted octanol–water partition coefficient (Wildman–Crippen LogP) is 4.49. The molecular formula is C15H20N2S. The second-order valence-electron chi connectivity index (χ2n) is 5.06. The van der Waals surface area contributed by atoms with Gasteiger partial charge in [0.1, 0.15) is 0 Å². The maximum absolute atomic E-state index is 4.69. The minimum atomic E-state index is 0.636. The van der Waals surface area contributed by atoms with Crippen molar-refractivity contribution in [2.45, 2.75) is 27.7 Å². The van der Waals surface area contributed by atoms with Crippen LogP contribution < -0.4 is 5.32 Å². The van der Waals surface area contributed by atoms with Crippen molar-refractivity contribution in [3.05, 3.63) is 34.7 Å². The molecule has 0 atom stereocenters. The Hall–Kier alpha value is -1.35. The molecule has 0 saturated heterocycles. The van der Waals surface area contributed by atoms with Gasteiger partial charge in [0.05, 0.1) is 5.69 Å². The van der Waals surface area contributed by atoms with Crippen LogP contribution in [-0.4, -0.2) is 11.5 Å². The molecule has 0 bridgehead atoms. The maximum Gasteiger partial charge on any atom is 0.183 e. The van der Waals surface area contributed by atoms with E-state index in [2.05, 4.69) is 62.3 Å². The van der Waals surface area contributed by atoms with Crippen LogP contribution in [0.1, 0.15) is 24.3 Å². The second kappa shape index (κ2) is 5.53. The average molecular weight is 260 g/mol. The SMILES string of the molecule is Cc1ccc(-c2nc(NCC(C)C)sc2C)cc1. The fourth-order valence-electron chi connectivity index (χ4n) is 1.74. The highest BCUT2D eigenvalue weighted by atomic mass is 32.1. The lowest BCUT2D eigenvalue weighted by atomic mass is 10.1. The number of hydrogen-bond acceptors (Lipinski definition) is 3. The van der Waals surface area contributed by atoms with Gasteiger partial charge in [-0.15, -0.1) is 11.3 Å². The molecule has 0 aliphatic rings. The van der Waals surface area contributed by atoms with E-state index >= 15 is 0 Å². The summed E-state index contributed by atoms with van der Waals surface area (Å²) >= 11 is 1.73. The molecule has 0 spiro atoms. The van der Waals surface area contributed by atoms with Gasteiger partial charge in [-0.1, -0.05) is 43.7 Å². The fourth-order valence-corrected chi connectivity index (χ4v) is 2.59. The summed E-state index contributed by atoms with van der Waals surface area (Å²) in [6.07, 6.45) is 0. The summed E-state index contributed by atoms with van der Waals surface area (Å²) in [5.74, 6) is 0.636. The monoisotopic (exact) mass is 260 g/mol. The van der Waals surface area contributed by atoms with Crippen molar-refractivity contribution in [3.8, 4) is 11.3 Å². The first-order valence-corrected chi connectivity index (χ1v) is 7.16. The molecule has 3 heteroatoms. The minimum absolute atomic E-state index is 0.636. The molecule has 96 valence electrons.